The van der Waals surface area contributed by atoms with Gasteiger partial charge in [0.2, 0.25) is 0 Å². The molecule has 0 aromatic carbocycles. The van der Waals surface area contributed by atoms with Crippen molar-refractivity contribution in [1.29, 1.82) is 0 Å². The molecule has 0 aliphatic rings. The van der Waals surface area contributed by atoms with Crippen LogP contribution in [-0.2, 0) is 0 Å². The van der Waals surface area contributed by atoms with E-state index >= 15 is 0 Å². The lowest BCUT2D eigenvalue weighted by atomic mass is 9.98. The van der Waals surface area contributed by atoms with Crippen LogP contribution in [-0.4, -0.2) is 22.1 Å². The maximum Gasteiger partial charge on any atom is 0.165 e. The first-order valence-electron chi connectivity index (χ1n) is 4.13. The number of nitrogens with two attached hydrogens (primary N) is 2. The zero-order valence-corrected chi connectivity index (χ0v) is 8.14. The lowest BCUT2D eigenvalue weighted by Gasteiger charge is -2.10. The molecule has 0 spiro atoms. The Morgan fingerprint density at radius 1 is 1.29 bits per heavy atom. The SMILES string of the molecule is C=C(C[C@@H](C)C/C(N)=N/O)/C(N)=N/O. The monoisotopic (exact) mass is 200 g/mol. The molecule has 6 N–H and O–H groups in total. The Morgan fingerprint density at radius 3 is 2.29 bits per heavy atom. The predicted octanol–water partition coefficient (Wildman–Crippen LogP) is 0.452. The van der Waals surface area contributed by atoms with Gasteiger partial charge in [0.15, 0.2) is 5.84 Å². The Kier molecular flexibility index (Phi) is 5.13. The molecule has 0 fully saturated rings. The topological polar surface area (TPSA) is 117 Å². The number of hydrogen-bond donors (Lipinski definition) is 4. The fourth-order valence-corrected chi connectivity index (χ4v) is 1.07. The number of oxime groups is 2. The third-order valence-corrected chi connectivity index (χ3v) is 1.75. The van der Waals surface area contributed by atoms with E-state index in [1.54, 1.807) is 0 Å². The van der Waals surface area contributed by atoms with Crippen molar-refractivity contribution in [3.05, 3.63) is 12.2 Å². The lowest BCUT2D eigenvalue weighted by molar-refractivity contribution is 0.315. The molecule has 80 valence electrons. The highest BCUT2D eigenvalue weighted by molar-refractivity contribution is 5.95. The molecule has 14 heavy (non-hydrogen) atoms. The predicted molar refractivity (Wildman–Crippen MR) is 54.4 cm³/mol. The fraction of sp³-hybridized carbons (Fsp3) is 0.500. The van der Waals surface area contributed by atoms with Gasteiger partial charge < -0.3 is 21.9 Å². The van der Waals surface area contributed by atoms with Crippen LogP contribution in [0.3, 0.4) is 0 Å². The van der Waals surface area contributed by atoms with Crippen molar-refractivity contribution in [3.63, 3.8) is 0 Å². The van der Waals surface area contributed by atoms with Crippen molar-refractivity contribution in [3.8, 4) is 0 Å². The molecule has 0 heterocycles. The minimum absolute atomic E-state index is 0.0105. The third-order valence-electron chi connectivity index (χ3n) is 1.75. The fourth-order valence-electron chi connectivity index (χ4n) is 1.07. The summed E-state index contributed by atoms with van der Waals surface area (Å²) in [7, 11) is 0. The molecule has 0 saturated heterocycles. The summed E-state index contributed by atoms with van der Waals surface area (Å²) in [6.45, 7) is 5.54. The molecule has 0 aromatic heterocycles. The van der Waals surface area contributed by atoms with Gasteiger partial charge in [-0.05, 0) is 17.9 Å². The van der Waals surface area contributed by atoms with E-state index in [-0.39, 0.29) is 17.6 Å². The molecule has 0 rings (SSSR count). The zero-order chi connectivity index (χ0) is 11.1. The molecule has 0 radical (unpaired) electrons. The summed E-state index contributed by atoms with van der Waals surface area (Å²) in [5, 5.41) is 22.4. The van der Waals surface area contributed by atoms with Crippen LogP contribution in [0.15, 0.2) is 22.5 Å². The van der Waals surface area contributed by atoms with Crippen LogP contribution in [0.25, 0.3) is 0 Å². The van der Waals surface area contributed by atoms with Crippen LogP contribution in [0, 0.1) is 5.92 Å². The average Bonchev–Trinajstić information content (AvgIpc) is 2.15. The van der Waals surface area contributed by atoms with E-state index in [0.29, 0.717) is 18.4 Å². The van der Waals surface area contributed by atoms with Crippen LogP contribution in [0.5, 0.6) is 0 Å². The van der Waals surface area contributed by atoms with E-state index in [1.807, 2.05) is 6.92 Å². The van der Waals surface area contributed by atoms with Crippen LogP contribution >= 0.6 is 0 Å². The molecular formula is C8H16N4O2. The highest BCUT2D eigenvalue weighted by Gasteiger charge is 2.09. The Morgan fingerprint density at radius 2 is 1.86 bits per heavy atom. The maximum absolute atomic E-state index is 8.36. The molecule has 1 atom stereocenters. The summed E-state index contributed by atoms with van der Waals surface area (Å²) in [5.41, 5.74) is 11.2. The molecule has 0 aliphatic carbocycles. The van der Waals surface area contributed by atoms with Gasteiger partial charge in [0, 0.05) is 6.42 Å². The number of nitrogens with zero attached hydrogens (tertiary/aromatic N) is 2. The van der Waals surface area contributed by atoms with Crippen molar-refractivity contribution in [2.24, 2.45) is 27.7 Å². The number of hydrogen-bond acceptors (Lipinski definition) is 4. The second kappa shape index (κ2) is 5.85. The molecule has 0 saturated carbocycles. The quantitative estimate of drug-likeness (QED) is 0.223. The molecule has 6 heteroatoms. The van der Waals surface area contributed by atoms with Gasteiger partial charge in [-0.15, -0.1) is 0 Å². The Labute approximate surface area is 82.6 Å². The van der Waals surface area contributed by atoms with E-state index in [2.05, 4.69) is 16.9 Å². The van der Waals surface area contributed by atoms with Crippen LogP contribution < -0.4 is 11.5 Å². The summed E-state index contributed by atoms with van der Waals surface area (Å²) < 4.78 is 0. The van der Waals surface area contributed by atoms with E-state index in [1.165, 1.54) is 0 Å². The van der Waals surface area contributed by atoms with Gasteiger partial charge in [0.25, 0.3) is 0 Å². The summed E-state index contributed by atoms with van der Waals surface area (Å²) >= 11 is 0. The molecule has 0 aliphatic heterocycles. The van der Waals surface area contributed by atoms with Crippen molar-refractivity contribution in [2.75, 3.05) is 0 Å². The molecule has 0 bridgehead atoms. The smallest absolute Gasteiger partial charge is 0.165 e. The van der Waals surface area contributed by atoms with Crippen LogP contribution in [0.2, 0.25) is 0 Å². The van der Waals surface area contributed by atoms with Crippen molar-refractivity contribution < 1.29 is 10.4 Å². The van der Waals surface area contributed by atoms with Gasteiger partial charge in [0.1, 0.15) is 5.84 Å². The summed E-state index contributed by atoms with van der Waals surface area (Å²) in [6, 6.07) is 0. The average molecular weight is 200 g/mol. The van der Waals surface area contributed by atoms with E-state index < -0.39 is 0 Å². The van der Waals surface area contributed by atoms with Gasteiger partial charge in [-0.25, -0.2) is 0 Å². The first kappa shape index (κ1) is 12.3. The summed E-state index contributed by atoms with van der Waals surface area (Å²) in [5.74, 6) is 0.292. The summed E-state index contributed by atoms with van der Waals surface area (Å²) in [4.78, 5) is 0. The molecular weight excluding hydrogens is 184 g/mol. The van der Waals surface area contributed by atoms with Gasteiger partial charge in [-0.1, -0.05) is 23.8 Å². The Balaban J connectivity index is 4.07. The largest absolute Gasteiger partial charge is 0.409 e. The van der Waals surface area contributed by atoms with E-state index in [0.717, 1.165) is 0 Å². The van der Waals surface area contributed by atoms with Gasteiger partial charge in [-0.2, -0.15) is 0 Å². The maximum atomic E-state index is 8.36. The van der Waals surface area contributed by atoms with Gasteiger partial charge >= 0.3 is 0 Å². The van der Waals surface area contributed by atoms with Crippen molar-refractivity contribution in [2.45, 2.75) is 19.8 Å². The Hall–Kier alpha value is -1.72. The minimum atomic E-state index is 0.0105. The second-order valence-corrected chi connectivity index (χ2v) is 3.19. The van der Waals surface area contributed by atoms with Gasteiger partial charge in [0.05, 0.1) is 0 Å². The van der Waals surface area contributed by atoms with Crippen molar-refractivity contribution >= 4 is 11.7 Å². The van der Waals surface area contributed by atoms with E-state index in [4.69, 9.17) is 21.9 Å². The first-order chi connectivity index (χ1) is 6.51. The standard InChI is InChI=1S/C8H16N4O2/c1-5(4-7(9)11-13)3-6(2)8(10)12-14/h5,13-14H,2-4H2,1H3,(H2,9,11)(H2,10,12)/t5-/m1/s1. The second-order valence-electron chi connectivity index (χ2n) is 3.19. The van der Waals surface area contributed by atoms with Crippen molar-refractivity contribution in [1.82, 2.24) is 0 Å². The molecule has 0 unspecified atom stereocenters. The van der Waals surface area contributed by atoms with Crippen LogP contribution in [0.1, 0.15) is 19.8 Å². The minimum Gasteiger partial charge on any atom is -0.409 e. The first-order valence-corrected chi connectivity index (χ1v) is 4.13. The Bertz CT molecular complexity index is 260. The number of rotatable bonds is 5. The molecule has 6 nitrogen and oxygen atoms in total. The van der Waals surface area contributed by atoms with E-state index in [9.17, 15) is 0 Å². The van der Waals surface area contributed by atoms with Crippen LogP contribution in [0.4, 0.5) is 0 Å². The highest BCUT2D eigenvalue weighted by Crippen LogP contribution is 2.13. The number of amidine groups is 2. The summed E-state index contributed by atoms with van der Waals surface area (Å²) in [6.07, 6.45) is 0.973. The normalized spacial score (nSPS) is 15.2. The lowest BCUT2D eigenvalue weighted by Crippen LogP contribution is -2.19. The van der Waals surface area contributed by atoms with Gasteiger partial charge in [-0.3, -0.25) is 0 Å². The third kappa shape index (κ3) is 4.34. The highest BCUT2D eigenvalue weighted by atomic mass is 16.4. The molecule has 0 amide bonds. The molecule has 0 aromatic rings. The zero-order valence-electron chi connectivity index (χ0n) is 8.14.